The molecule has 0 atom stereocenters. The van der Waals surface area contributed by atoms with E-state index in [9.17, 15) is 0 Å². The van der Waals surface area contributed by atoms with E-state index in [1.165, 1.54) is 20.5 Å². The molecule has 118 valence electrons. The maximum Gasteiger partial charge on any atom is 0.214 e. The van der Waals surface area contributed by atoms with E-state index in [-0.39, 0.29) is 0 Å². The summed E-state index contributed by atoms with van der Waals surface area (Å²) in [5, 5.41) is 2.38. The van der Waals surface area contributed by atoms with Gasteiger partial charge in [-0.2, -0.15) is 4.57 Å². The van der Waals surface area contributed by atoms with Crippen LogP contribution < -0.4 is 10.3 Å². The van der Waals surface area contributed by atoms with Crippen molar-refractivity contribution in [3.63, 3.8) is 0 Å². The highest BCUT2D eigenvalue weighted by atomic mass is 32.1. The molecule has 0 spiro atoms. The van der Waals surface area contributed by atoms with E-state index in [2.05, 4.69) is 66.0 Å². The number of aliphatic imine (C=N–C) groups is 1. The maximum atomic E-state index is 5.95. The second kappa shape index (κ2) is 5.73. The van der Waals surface area contributed by atoms with Crippen molar-refractivity contribution in [3.8, 4) is 0 Å². The van der Waals surface area contributed by atoms with Crippen molar-refractivity contribution in [2.75, 3.05) is 5.73 Å². The van der Waals surface area contributed by atoms with Gasteiger partial charge >= 0.3 is 0 Å². The van der Waals surface area contributed by atoms with Gasteiger partial charge in [0.2, 0.25) is 11.0 Å². The third-order valence-electron chi connectivity index (χ3n) is 4.20. The smallest absolute Gasteiger partial charge is 0.214 e. The lowest BCUT2D eigenvalue weighted by Gasteiger charge is -2.03. The van der Waals surface area contributed by atoms with Crippen LogP contribution in [-0.4, -0.2) is 6.21 Å². The Kier molecular flexibility index (Phi) is 3.54. The standard InChI is InChI=1S/C20H17N3S/c1-13-3-8-18(24-13)12-22-17-7-5-15-9-14-4-6-16(21)10-19(14)23(2)20(15)11-17/h3-12,21H,1-2H3/p+1/b22-12-. The molecule has 0 aliphatic rings. The van der Waals surface area contributed by atoms with Crippen LogP contribution in [0, 0.1) is 6.92 Å². The fraction of sp³-hybridized carbons (Fsp3) is 0.100. The number of aromatic nitrogens is 1. The Labute approximate surface area is 144 Å². The fourth-order valence-corrected chi connectivity index (χ4v) is 3.71. The first-order valence-electron chi connectivity index (χ1n) is 7.83. The Bertz CT molecular complexity index is 1090. The molecule has 0 aliphatic heterocycles. The highest BCUT2D eigenvalue weighted by molar-refractivity contribution is 7.13. The molecule has 4 rings (SSSR count). The van der Waals surface area contributed by atoms with Gasteiger partial charge in [-0.3, -0.25) is 4.99 Å². The van der Waals surface area contributed by atoms with Crippen molar-refractivity contribution >= 4 is 50.7 Å². The summed E-state index contributed by atoms with van der Waals surface area (Å²) in [6.45, 7) is 2.11. The lowest BCUT2D eigenvalue weighted by Crippen LogP contribution is -2.30. The molecular formula is C20H18N3S+. The highest BCUT2D eigenvalue weighted by Gasteiger charge is 2.12. The summed E-state index contributed by atoms with van der Waals surface area (Å²) in [4.78, 5) is 7.09. The van der Waals surface area contributed by atoms with Gasteiger partial charge in [0.1, 0.15) is 7.05 Å². The molecule has 0 bridgehead atoms. The number of pyridine rings is 1. The summed E-state index contributed by atoms with van der Waals surface area (Å²) in [5.74, 6) is 0. The number of nitrogen functional groups attached to an aromatic ring is 1. The summed E-state index contributed by atoms with van der Waals surface area (Å²) < 4.78 is 2.18. The zero-order valence-electron chi connectivity index (χ0n) is 13.7. The molecule has 0 saturated carbocycles. The van der Waals surface area contributed by atoms with Crippen LogP contribution in [0.2, 0.25) is 0 Å². The molecule has 24 heavy (non-hydrogen) atoms. The van der Waals surface area contributed by atoms with Crippen molar-refractivity contribution in [2.24, 2.45) is 12.0 Å². The summed E-state index contributed by atoms with van der Waals surface area (Å²) in [6, 6.07) is 18.7. The molecule has 2 aromatic heterocycles. The summed E-state index contributed by atoms with van der Waals surface area (Å²) >= 11 is 1.75. The Morgan fingerprint density at radius 1 is 0.958 bits per heavy atom. The van der Waals surface area contributed by atoms with Crippen LogP contribution in [0.1, 0.15) is 9.75 Å². The van der Waals surface area contributed by atoms with E-state index in [0.717, 1.165) is 22.4 Å². The minimum Gasteiger partial charge on any atom is -0.399 e. The van der Waals surface area contributed by atoms with Crippen LogP contribution in [0.3, 0.4) is 0 Å². The fourth-order valence-electron chi connectivity index (χ4n) is 2.96. The quantitative estimate of drug-likeness (QED) is 0.249. The lowest BCUT2D eigenvalue weighted by atomic mass is 10.1. The molecule has 2 aromatic carbocycles. The van der Waals surface area contributed by atoms with Gasteiger partial charge in [0.05, 0.1) is 5.69 Å². The number of nitrogens with two attached hydrogens (primary N) is 1. The third-order valence-corrected chi connectivity index (χ3v) is 5.14. The number of benzene rings is 2. The molecular weight excluding hydrogens is 314 g/mol. The monoisotopic (exact) mass is 332 g/mol. The molecule has 4 heteroatoms. The van der Waals surface area contributed by atoms with Crippen LogP contribution in [0.5, 0.6) is 0 Å². The third kappa shape index (κ3) is 2.65. The Balaban J connectivity index is 1.83. The summed E-state index contributed by atoms with van der Waals surface area (Å²) in [7, 11) is 2.07. The van der Waals surface area contributed by atoms with Gasteiger partial charge in [0, 0.05) is 44.6 Å². The second-order valence-corrected chi connectivity index (χ2v) is 7.29. The van der Waals surface area contributed by atoms with Gasteiger partial charge < -0.3 is 5.73 Å². The number of fused-ring (bicyclic) bond motifs is 2. The first-order chi connectivity index (χ1) is 11.6. The Morgan fingerprint density at radius 2 is 1.71 bits per heavy atom. The minimum atomic E-state index is 0.777. The Morgan fingerprint density at radius 3 is 2.46 bits per heavy atom. The molecule has 0 saturated heterocycles. The number of hydrogen-bond acceptors (Lipinski definition) is 3. The van der Waals surface area contributed by atoms with Gasteiger partial charge in [-0.1, -0.05) is 0 Å². The van der Waals surface area contributed by atoms with Crippen LogP contribution in [-0.2, 0) is 7.05 Å². The lowest BCUT2D eigenvalue weighted by molar-refractivity contribution is -0.617. The average molecular weight is 332 g/mol. The normalized spacial score (nSPS) is 11.8. The first-order valence-corrected chi connectivity index (χ1v) is 8.64. The van der Waals surface area contributed by atoms with Gasteiger partial charge in [-0.15, -0.1) is 11.3 Å². The molecule has 0 radical (unpaired) electrons. The molecule has 0 aliphatic carbocycles. The van der Waals surface area contributed by atoms with Crippen LogP contribution in [0.15, 0.2) is 59.6 Å². The van der Waals surface area contributed by atoms with Crippen molar-refractivity contribution in [1.82, 2.24) is 0 Å². The zero-order valence-corrected chi connectivity index (χ0v) is 14.5. The van der Waals surface area contributed by atoms with E-state index in [0.29, 0.717) is 0 Å². The molecule has 3 nitrogen and oxygen atoms in total. The molecule has 2 heterocycles. The predicted octanol–water partition coefficient (Wildman–Crippen LogP) is 4.52. The van der Waals surface area contributed by atoms with Crippen LogP contribution in [0.4, 0.5) is 11.4 Å². The number of nitrogens with zero attached hydrogens (tertiary/aromatic N) is 2. The largest absolute Gasteiger partial charge is 0.399 e. The molecule has 2 N–H and O–H groups in total. The van der Waals surface area contributed by atoms with Gasteiger partial charge in [-0.25, -0.2) is 0 Å². The van der Waals surface area contributed by atoms with Crippen molar-refractivity contribution < 1.29 is 4.57 Å². The maximum absolute atomic E-state index is 5.95. The van der Waals surface area contributed by atoms with E-state index in [1.54, 1.807) is 11.3 Å². The van der Waals surface area contributed by atoms with E-state index < -0.39 is 0 Å². The van der Waals surface area contributed by atoms with Gasteiger partial charge in [0.15, 0.2) is 0 Å². The topological polar surface area (TPSA) is 42.3 Å². The summed E-state index contributed by atoms with van der Waals surface area (Å²) in [6.07, 6.45) is 1.93. The zero-order chi connectivity index (χ0) is 16.7. The number of hydrogen-bond donors (Lipinski definition) is 1. The number of anilines is 1. The van der Waals surface area contributed by atoms with E-state index in [4.69, 9.17) is 5.73 Å². The molecule has 0 amide bonds. The SMILES string of the molecule is Cc1ccc(/C=N\c2ccc3cc4ccc(N)cc4[n+](C)c3c2)s1. The Hall–Kier alpha value is -2.72. The number of rotatable bonds is 2. The first kappa shape index (κ1) is 14.8. The van der Waals surface area contributed by atoms with Crippen molar-refractivity contribution in [3.05, 3.63) is 64.4 Å². The van der Waals surface area contributed by atoms with Gasteiger partial charge in [0.25, 0.3) is 0 Å². The molecule has 4 aromatic rings. The summed E-state index contributed by atoms with van der Waals surface area (Å²) in [5.41, 5.74) is 9.94. The van der Waals surface area contributed by atoms with Crippen molar-refractivity contribution in [2.45, 2.75) is 6.92 Å². The van der Waals surface area contributed by atoms with E-state index >= 15 is 0 Å². The number of aryl methyl sites for hydroxylation is 2. The second-order valence-electron chi connectivity index (χ2n) is 5.97. The van der Waals surface area contributed by atoms with Crippen molar-refractivity contribution in [1.29, 1.82) is 0 Å². The minimum absolute atomic E-state index is 0.777. The highest BCUT2D eigenvalue weighted by Crippen LogP contribution is 2.24. The molecule has 0 unspecified atom stereocenters. The predicted molar refractivity (Wildman–Crippen MR) is 103 cm³/mol. The van der Waals surface area contributed by atoms with Crippen LogP contribution >= 0.6 is 11.3 Å². The molecule has 0 fully saturated rings. The van der Waals surface area contributed by atoms with Gasteiger partial charge in [-0.05, 0) is 49.4 Å². The average Bonchev–Trinajstić information content (AvgIpc) is 3.00. The van der Waals surface area contributed by atoms with Crippen LogP contribution in [0.25, 0.3) is 21.8 Å². The van der Waals surface area contributed by atoms with E-state index in [1.807, 2.05) is 18.3 Å². The number of thiophene rings is 1.